The topological polar surface area (TPSA) is 38.8 Å². The molecule has 0 heterocycles. The molecule has 0 saturated heterocycles. The molecule has 0 aliphatic rings. The molecule has 4 heteroatoms. The third kappa shape index (κ3) is 5.35. The van der Waals surface area contributed by atoms with E-state index in [0.717, 1.165) is 11.1 Å². The zero-order chi connectivity index (χ0) is 18.9. The number of carbonyl (C=O) groups is 1. The van der Waals surface area contributed by atoms with Crippen molar-refractivity contribution in [2.75, 3.05) is 13.7 Å². The van der Waals surface area contributed by atoms with E-state index in [0.29, 0.717) is 24.6 Å². The van der Waals surface area contributed by atoms with Crippen LogP contribution in [0.5, 0.6) is 11.5 Å². The number of hydrogen-bond acceptors (Lipinski definition) is 3. The van der Waals surface area contributed by atoms with E-state index in [1.807, 2.05) is 78.9 Å². The van der Waals surface area contributed by atoms with Crippen molar-refractivity contribution in [2.45, 2.75) is 13.1 Å². The average Bonchev–Trinajstić information content (AvgIpc) is 2.73. The molecule has 0 fully saturated rings. The predicted octanol–water partition coefficient (Wildman–Crippen LogP) is 4.30. The monoisotopic (exact) mass is 361 g/mol. The van der Waals surface area contributed by atoms with Crippen LogP contribution in [0.2, 0.25) is 0 Å². The van der Waals surface area contributed by atoms with Gasteiger partial charge in [0.15, 0.2) is 18.1 Å². The van der Waals surface area contributed by atoms with Crippen LogP contribution >= 0.6 is 0 Å². The third-order valence-electron chi connectivity index (χ3n) is 4.21. The van der Waals surface area contributed by atoms with Crippen LogP contribution in [-0.2, 0) is 17.9 Å². The van der Waals surface area contributed by atoms with Crippen molar-refractivity contribution in [3.63, 3.8) is 0 Å². The van der Waals surface area contributed by atoms with Gasteiger partial charge in [-0.1, -0.05) is 72.8 Å². The quantitative estimate of drug-likeness (QED) is 0.600. The Morgan fingerprint density at radius 1 is 0.741 bits per heavy atom. The maximum absolute atomic E-state index is 12.9. The van der Waals surface area contributed by atoms with Gasteiger partial charge in [0.2, 0.25) is 0 Å². The fourth-order valence-electron chi connectivity index (χ4n) is 2.81. The standard InChI is InChI=1S/C23H23NO3/c1-26-21-14-8-9-15-22(21)27-18-23(25)24(16-19-10-4-2-5-11-19)17-20-12-6-3-7-13-20/h2-15H,16-18H2,1H3. The Morgan fingerprint density at radius 2 is 1.22 bits per heavy atom. The molecule has 3 aromatic carbocycles. The van der Waals surface area contributed by atoms with E-state index >= 15 is 0 Å². The molecule has 0 aliphatic heterocycles. The lowest BCUT2D eigenvalue weighted by molar-refractivity contribution is -0.134. The van der Waals surface area contributed by atoms with Crippen molar-refractivity contribution < 1.29 is 14.3 Å². The summed E-state index contributed by atoms with van der Waals surface area (Å²) in [6.07, 6.45) is 0. The summed E-state index contributed by atoms with van der Waals surface area (Å²) < 4.78 is 11.0. The number of para-hydroxylation sites is 2. The molecule has 0 N–H and O–H groups in total. The van der Waals surface area contributed by atoms with E-state index in [9.17, 15) is 4.79 Å². The molecule has 0 spiro atoms. The number of methoxy groups -OCH3 is 1. The Bertz CT molecular complexity index is 808. The maximum Gasteiger partial charge on any atom is 0.261 e. The van der Waals surface area contributed by atoms with Crippen molar-refractivity contribution in [1.82, 2.24) is 4.90 Å². The van der Waals surface area contributed by atoms with Crippen molar-refractivity contribution in [3.8, 4) is 11.5 Å². The molecule has 4 nitrogen and oxygen atoms in total. The molecule has 138 valence electrons. The van der Waals surface area contributed by atoms with Crippen LogP contribution in [0.1, 0.15) is 11.1 Å². The van der Waals surface area contributed by atoms with E-state index in [2.05, 4.69) is 0 Å². The van der Waals surface area contributed by atoms with E-state index in [-0.39, 0.29) is 12.5 Å². The van der Waals surface area contributed by atoms with Gasteiger partial charge < -0.3 is 14.4 Å². The summed E-state index contributed by atoms with van der Waals surface area (Å²) in [4.78, 5) is 14.7. The van der Waals surface area contributed by atoms with Crippen LogP contribution in [0, 0.1) is 0 Å². The van der Waals surface area contributed by atoms with Gasteiger partial charge in [-0.3, -0.25) is 4.79 Å². The van der Waals surface area contributed by atoms with E-state index in [4.69, 9.17) is 9.47 Å². The number of nitrogens with zero attached hydrogens (tertiary/aromatic N) is 1. The summed E-state index contributed by atoms with van der Waals surface area (Å²) in [5, 5.41) is 0. The second-order valence-electron chi connectivity index (χ2n) is 6.16. The summed E-state index contributed by atoms with van der Waals surface area (Å²) in [6.45, 7) is 1.02. The van der Waals surface area contributed by atoms with Gasteiger partial charge >= 0.3 is 0 Å². The first kappa shape index (κ1) is 18.5. The summed E-state index contributed by atoms with van der Waals surface area (Å²) >= 11 is 0. The fraction of sp³-hybridized carbons (Fsp3) is 0.174. The first-order chi connectivity index (χ1) is 13.3. The minimum atomic E-state index is -0.0754. The van der Waals surface area contributed by atoms with Gasteiger partial charge in [0.05, 0.1) is 7.11 Å². The summed E-state index contributed by atoms with van der Waals surface area (Å²) in [6, 6.07) is 27.3. The fourth-order valence-corrected chi connectivity index (χ4v) is 2.81. The first-order valence-electron chi connectivity index (χ1n) is 8.87. The first-order valence-corrected chi connectivity index (χ1v) is 8.87. The van der Waals surface area contributed by atoms with Gasteiger partial charge in [-0.2, -0.15) is 0 Å². The Kier molecular flexibility index (Phi) is 6.47. The van der Waals surface area contributed by atoms with Gasteiger partial charge in [-0.05, 0) is 23.3 Å². The van der Waals surface area contributed by atoms with Crippen molar-refractivity contribution in [1.29, 1.82) is 0 Å². The van der Waals surface area contributed by atoms with Crippen LogP contribution in [-0.4, -0.2) is 24.5 Å². The lowest BCUT2D eigenvalue weighted by Gasteiger charge is -2.23. The van der Waals surface area contributed by atoms with Crippen LogP contribution < -0.4 is 9.47 Å². The van der Waals surface area contributed by atoms with Crippen molar-refractivity contribution in [2.24, 2.45) is 0 Å². The third-order valence-corrected chi connectivity index (χ3v) is 4.21. The van der Waals surface area contributed by atoms with Gasteiger partial charge in [-0.25, -0.2) is 0 Å². The summed E-state index contributed by atoms with van der Waals surface area (Å²) in [5.41, 5.74) is 2.16. The van der Waals surface area contributed by atoms with Crippen LogP contribution in [0.4, 0.5) is 0 Å². The van der Waals surface area contributed by atoms with Gasteiger partial charge in [0.1, 0.15) is 0 Å². The molecule has 0 bridgehead atoms. The van der Waals surface area contributed by atoms with E-state index in [1.54, 1.807) is 18.1 Å². The highest BCUT2D eigenvalue weighted by atomic mass is 16.5. The van der Waals surface area contributed by atoms with Gasteiger partial charge in [-0.15, -0.1) is 0 Å². The minimum Gasteiger partial charge on any atom is -0.493 e. The van der Waals surface area contributed by atoms with Crippen molar-refractivity contribution >= 4 is 5.91 Å². The molecule has 0 radical (unpaired) electrons. The number of carbonyl (C=O) groups excluding carboxylic acids is 1. The normalized spacial score (nSPS) is 10.3. The molecule has 1 amide bonds. The largest absolute Gasteiger partial charge is 0.493 e. The number of benzene rings is 3. The Morgan fingerprint density at radius 3 is 1.74 bits per heavy atom. The number of ether oxygens (including phenoxy) is 2. The molecular weight excluding hydrogens is 338 g/mol. The highest BCUT2D eigenvalue weighted by Crippen LogP contribution is 2.25. The van der Waals surface area contributed by atoms with Gasteiger partial charge in [0.25, 0.3) is 5.91 Å². The van der Waals surface area contributed by atoms with Crippen molar-refractivity contribution in [3.05, 3.63) is 96.1 Å². The molecular formula is C23H23NO3. The van der Waals surface area contributed by atoms with E-state index in [1.165, 1.54) is 0 Å². The predicted molar refractivity (Wildman–Crippen MR) is 106 cm³/mol. The molecule has 0 saturated carbocycles. The minimum absolute atomic E-state index is 0.0416. The lowest BCUT2D eigenvalue weighted by atomic mass is 10.1. The molecule has 0 unspecified atom stereocenters. The number of amides is 1. The molecule has 27 heavy (non-hydrogen) atoms. The SMILES string of the molecule is COc1ccccc1OCC(=O)N(Cc1ccccc1)Cc1ccccc1. The van der Waals surface area contributed by atoms with E-state index < -0.39 is 0 Å². The molecule has 3 aromatic rings. The van der Waals surface area contributed by atoms with Crippen LogP contribution in [0.3, 0.4) is 0 Å². The molecule has 0 aliphatic carbocycles. The average molecular weight is 361 g/mol. The summed E-state index contributed by atoms with van der Waals surface area (Å²) in [5.74, 6) is 1.10. The highest BCUT2D eigenvalue weighted by molar-refractivity contribution is 5.78. The lowest BCUT2D eigenvalue weighted by Crippen LogP contribution is -2.34. The maximum atomic E-state index is 12.9. The zero-order valence-corrected chi connectivity index (χ0v) is 15.4. The molecule has 3 rings (SSSR count). The summed E-state index contributed by atoms with van der Waals surface area (Å²) in [7, 11) is 1.58. The smallest absolute Gasteiger partial charge is 0.261 e. The Balaban J connectivity index is 1.71. The molecule has 0 atom stereocenters. The highest BCUT2D eigenvalue weighted by Gasteiger charge is 2.16. The second-order valence-corrected chi connectivity index (χ2v) is 6.16. The Hall–Kier alpha value is -3.27. The second kappa shape index (κ2) is 9.43. The number of hydrogen-bond donors (Lipinski definition) is 0. The van der Waals surface area contributed by atoms with Crippen LogP contribution in [0.15, 0.2) is 84.9 Å². The zero-order valence-electron chi connectivity index (χ0n) is 15.4. The molecule has 0 aromatic heterocycles. The Labute approximate surface area is 160 Å². The van der Waals surface area contributed by atoms with Gasteiger partial charge in [0, 0.05) is 13.1 Å². The van der Waals surface area contributed by atoms with Crippen LogP contribution in [0.25, 0.3) is 0 Å². The number of rotatable bonds is 8.